The van der Waals surface area contributed by atoms with Crippen LogP contribution in [0.3, 0.4) is 0 Å². The van der Waals surface area contributed by atoms with Crippen molar-refractivity contribution in [3.8, 4) is 0 Å². The summed E-state index contributed by atoms with van der Waals surface area (Å²) in [6, 6.07) is 7.35. The van der Waals surface area contributed by atoms with Crippen LogP contribution in [0.1, 0.15) is 0 Å². The Balaban J connectivity index is 1.84. The number of aromatic nitrogens is 2. The minimum absolute atomic E-state index is 0.0386. The second-order valence-corrected chi connectivity index (χ2v) is 7.25. The lowest BCUT2D eigenvalue weighted by Gasteiger charge is -2.06. The van der Waals surface area contributed by atoms with E-state index >= 15 is 0 Å². The Morgan fingerprint density at radius 3 is 2.65 bits per heavy atom. The maximum Gasteiger partial charge on any atom is 0.233 e. The first kappa shape index (κ1) is 14.7. The molecule has 1 heterocycles. The number of benzene rings is 1. The third-order valence-electron chi connectivity index (χ3n) is 2.48. The first-order chi connectivity index (χ1) is 9.44. The van der Waals surface area contributed by atoms with Crippen molar-refractivity contribution in [3.05, 3.63) is 36.7 Å². The second-order valence-electron chi connectivity index (χ2n) is 4.24. The Labute approximate surface area is 122 Å². The van der Waals surface area contributed by atoms with Gasteiger partial charge in [-0.15, -0.1) is 11.8 Å². The van der Waals surface area contributed by atoms with Crippen LogP contribution < -0.4 is 10.5 Å². The van der Waals surface area contributed by atoms with E-state index in [1.54, 1.807) is 30.1 Å². The molecule has 1 aromatic heterocycles. The van der Waals surface area contributed by atoms with Gasteiger partial charge in [0.15, 0.2) is 0 Å². The molecule has 0 atom stereocenters. The number of nitrogen functional groups attached to an aromatic ring is 1. The lowest BCUT2D eigenvalue weighted by molar-refractivity contribution is 0.602. The second kappa shape index (κ2) is 6.19. The van der Waals surface area contributed by atoms with Gasteiger partial charge in [0, 0.05) is 29.6 Å². The van der Waals surface area contributed by atoms with E-state index in [4.69, 9.17) is 5.73 Å². The van der Waals surface area contributed by atoms with E-state index in [2.05, 4.69) is 9.82 Å². The molecule has 0 fully saturated rings. The Morgan fingerprint density at radius 2 is 2.05 bits per heavy atom. The SMILES string of the molecule is Cn1cc(NS(=O)(=O)CCSc2ccc(N)cc2)cn1. The van der Waals surface area contributed by atoms with Crippen molar-refractivity contribution in [3.63, 3.8) is 0 Å². The molecule has 0 aliphatic rings. The molecule has 108 valence electrons. The van der Waals surface area contributed by atoms with E-state index in [1.807, 2.05) is 12.1 Å². The molecule has 0 radical (unpaired) electrons. The van der Waals surface area contributed by atoms with Gasteiger partial charge in [-0.3, -0.25) is 9.40 Å². The number of nitrogens with one attached hydrogen (secondary N) is 1. The molecule has 0 aliphatic carbocycles. The first-order valence-corrected chi connectivity index (χ1v) is 8.56. The summed E-state index contributed by atoms with van der Waals surface area (Å²) in [7, 11) is -1.62. The van der Waals surface area contributed by atoms with Crippen LogP contribution in [0.25, 0.3) is 0 Å². The molecule has 2 aromatic rings. The van der Waals surface area contributed by atoms with Gasteiger partial charge in [0.2, 0.25) is 10.0 Å². The molecule has 1 aromatic carbocycles. The monoisotopic (exact) mass is 312 g/mol. The summed E-state index contributed by atoms with van der Waals surface area (Å²) in [6.07, 6.45) is 3.09. The summed E-state index contributed by atoms with van der Waals surface area (Å²) in [4.78, 5) is 0.996. The number of nitrogens with two attached hydrogens (primary N) is 1. The van der Waals surface area contributed by atoms with Crippen LogP contribution in [-0.2, 0) is 17.1 Å². The normalized spacial score (nSPS) is 11.4. The van der Waals surface area contributed by atoms with E-state index in [1.165, 1.54) is 18.0 Å². The van der Waals surface area contributed by atoms with Crippen LogP contribution in [0.5, 0.6) is 0 Å². The van der Waals surface area contributed by atoms with Gasteiger partial charge in [-0.1, -0.05) is 0 Å². The Bertz CT molecular complexity index is 665. The summed E-state index contributed by atoms with van der Waals surface area (Å²) in [6.45, 7) is 0. The summed E-state index contributed by atoms with van der Waals surface area (Å²) in [5.74, 6) is 0.510. The third-order valence-corrected chi connectivity index (χ3v) is 5.04. The largest absolute Gasteiger partial charge is 0.399 e. The molecule has 0 aliphatic heterocycles. The summed E-state index contributed by atoms with van der Waals surface area (Å²) >= 11 is 1.48. The number of hydrogen-bond donors (Lipinski definition) is 2. The number of aryl methyl sites for hydroxylation is 1. The summed E-state index contributed by atoms with van der Waals surface area (Å²) in [5.41, 5.74) is 6.76. The van der Waals surface area contributed by atoms with E-state index in [0.29, 0.717) is 17.1 Å². The zero-order chi connectivity index (χ0) is 14.6. The van der Waals surface area contributed by atoms with Crippen molar-refractivity contribution < 1.29 is 8.42 Å². The van der Waals surface area contributed by atoms with Crippen molar-refractivity contribution in [2.75, 3.05) is 22.0 Å². The van der Waals surface area contributed by atoms with Gasteiger partial charge in [-0.25, -0.2) is 8.42 Å². The molecule has 20 heavy (non-hydrogen) atoms. The number of thioether (sulfide) groups is 1. The van der Waals surface area contributed by atoms with Crippen molar-refractivity contribution >= 4 is 33.2 Å². The molecular weight excluding hydrogens is 296 g/mol. The summed E-state index contributed by atoms with van der Waals surface area (Å²) < 4.78 is 27.8. The van der Waals surface area contributed by atoms with Gasteiger partial charge in [0.1, 0.15) is 0 Å². The van der Waals surface area contributed by atoms with Gasteiger partial charge >= 0.3 is 0 Å². The highest BCUT2D eigenvalue weighted by Crippen LogP contribution is 2.19. The fourth-order valence-electron chi connectivity index (χ4n) is 1.54. The van der Waals surface area contributed by atoms with Crippen LogP contribution in [-0.4, -0.2) is 29.7 Å². The molecule has 0 bridgehead atoms. The highest BCUT2D eigenvalue weighted by atomic mass is 32.2. The van der Waals surface area contributed by atoms with Gasteiger partial charge < -0.3 is 5.73 Å². The van der Waals surface area contributed by atoms with Crippen LogP contribution in [0, 0.1) is 0 Å². The fraction of sp³-hybridized carbons (Fsp3) is 0.250. The lowest BCUT2D eigenvalue weighted by Crippen LogP contribution is -2.17. The predicted molar refractivity (Wildman–Crippen MR) is 82.2 cm³/mol. The number of anilines is 2. The number of sulfonamides is 1. The zero-order valence-corrected chi connectivity index (χ0v) is 12.6. The Hall–Kier alpha value is -1.67. The molecule has 8 heteroatoms. The molecule has 0 saturated carbocycles. The molecule has 0 spiro atoms. The molecule has 0 amide bonds. The van der Waals surface area contributed by atoms with Gasteiger partial charge in [-0.05, 0) is 24.3 Å². The first-order valence-electron chi connectivity index (χ1n) is 5.92. The summed E-state index contributed by atoms with van der Waals surface area (Å²) in [5, 5.41) is 3.91. The van der Waals surface area contributed by atoms with Crippen molar-refractivity contribution in [2.24, 2.45) is 7.05 Å². The van der Waals surface area contributed by atoms with Crippen LogP contribution in [0.2, 0.25) is 0 Å². The highest BCUT2D eigenvalue weighted by Gasteiger charge is 2.11. The molecule has 3 N–H and O–H groups in total. The van der Waals surface area contributed by atoms with E-state index in [-0.39, 0.29) is 5.75 Å². The minimum atomic E-state index is -3.35. The van der Waals surface area contributed by atoms with E-state index in [9.17, 15) is 8.42 Å². The van der Waals surface area contributed by atoms with Crippen molar-refractivity contribution in [1.82, 2.24) is 9.78 Å². The van der Waals surface area contributed by atoms with Gasteiger partial charge in [0.25, 0.3) is 0 Å². The van der Waals surface area contributed by atoms with Crippen molar-refractivity contribution in [2.45, 2.75) is 4.90 Å². The number of nitrogens with zero attached hydrogens (tertiary/aromatic N) is 2. The average Bonchev–Trinajstić information content (AvgIpc) is 2.76. The quantitative estimate of drug-likeness (QED) is 0.624. The maximum absolute atomic E-state index is 11.9. The van der Waals surface area contributed by atoms with E-state index < -0.39 is 10.0 Å². The minimum Gasteiger partial charge on any atom is -0.399 e. The zero-order valence-electron chi connectivity index (χ0n) is 11.0. The number of hydrogen-bond acceptors (Lipinski definition) is 5. The van der Waals surface area contributed by atoms with E-state index in [0.717, 1.165) is 4.90 Å². The van der Waals surface area contributed by atoms with Gasteiger partial charge in [-0.2, -0.15) is 5.10 Å². The Morgan fingerprint density at radius 1 is 1.35 bits per heavy atom. The van der Waals surface area contributed by atoms with Crippen LogP contribution in [0.4, 0.5) is 11.4 Å². The standard InChI is InChI=1S/C12H16N4O2S2/c1-16-9-11(8-14-16)15-20(17,18)7-6-19-12-4-2-10(13)3-5-12/h2-5,8-9,15H,6-7,13H2,1H3. The molecule has 2 rings (SSSR count). The molecule has 0 saturated heterocycles. The van der Waals surface area contributed by atoms with Crippen LogP contribution >= 0.6 is 11.8 Å². The molecular formula is C12H16N4O2S2. The third kappa shape index (κ3) is 4.46. The average molecular weight is 312 g/mol. The molecule has 6 nitrogen and oxygen atoms in total. The molecule has 0 unspecified atom stereocenters. The maximum atomic E-state index is 11.9. The van der Waals surface area contributed by atoms with Crippen molar-refractivity contribution in [1.29, 1.82) is 0 Å². The Kier molecular flexibility index (Phi) is 4.56. The van der Waals surface area contributed by atoms with Gasteiger partial charge in [0.05, 0.1) is 17.6 Å². The fourth-order valence-corrected chi connectivity index (χ4v) is 3.88. The lowest BCUT2D eigenvalue weighted by atomic mass is 10.3. The number of rotatable bonds is 6. The van der Waals surface area contributed by atoms with Crippen LogP contribution in [0.15, 0.2) is 41.6 Å². The predicted octanol–water partition coefficient (Wildman–Crippen LogP) is 1.54. The smallest absolute Gasteiger partial charge is 0.233 e. The topological polar surface area (TPSA) is 90.0 Å². The highest BCUT2D eigenvalue weighted by molar-refractivity contribution is 8.01.